The summed E-state index contributed by atoms with van der Waals surface area (Å²) in [7, 11) is -4.45. The molecule has 1 aromatic carbocycles. The van der Waals surface area contributed by atoms with Crippen molar-refractivity contribution in [1.29, 1.82) is 5.26 Å². The van der Waals surface area contributed by atoms with E-state index in [0.29, 0.717) is 6.07 Å². The minimum Gasteiger partial charge on any atom is -0.258 e. The predicted molar refractivity (Wildman–Crippen MR) is 67.6 cm³/mol. The summed E-state index contributed by atoms with van der Waals surface area (Å²) in [6.45, 7) is 2.55. The molecule has 0 fully saturated rings. The standard InChI is InChI=1S/C11H11F2N3O4S/c1-11(2,5-14)6-15-21(19,20)10-4-9(16(17)18)7(12)3-8(10)13/h3-4,15H,6H2,1-2H3. The molecule has 114 valence electrons. The van der Waals surface area contributed by atoms with Crippen LogP contribution in [0.15, 0.2) is 17.0 Å². The van der Waals surface area contributed by atoms with Crippen molar-refractivity contribution in [1.82, 2.24) is 4.72 Å². The zero-order chi connectivity index (χ0) is 16.4. The van der Waals surface area contributed by atoms with Crippen molar-refractivity contribution < 1.29 is 22.1 Å². The first-order valence-electron chi connectivity index (χ1n) is 5.54. The van der Waals surface area contributed by atoms with E-state index in [1.165, 1.54) is 13.8 Å². The Kier molecular flexibility index (Phi) is 4.60. The van der Waals surface area contributed by atoms with Gasteiger partial charge in [0, 0.05) is 18.7 Å². The molecule has 1 rings (SSSR count). The van der Waals surface area contributed by atoms with E-state index in [1.54, 1.807) is 0 Å². The molecule has 7 nitrogen and oxygen atoms in total. The largest absolute Gasteiger partial charge is 0.306 e. The number of rotatable bonds is 5. The Morgan fingerprint density at radius 2 is 1.95 bits per heavy atom. The van der Waals surface area contributed by atoms with Gasteiger partial charge in [-0.1, -0.05) is 0 Å². The number of nitrogens with zero attached hydrogens (tertiary/aromatic N) is 2. The van der Waals surface area contributed by atoms with E-state index < -0.39 is 42.6 Å². The molecule has 0 heterocycles. The van der Waals surface area contributed by atoms with Crippen LogP contribution in [0.1, 0.15) is 13.8 Å². The minimum atomic E-state index is -4.45. The van der Waals surface area contributed by atoms with Gasteiger partial charge in [-0.2, -0.15) is 9.65 Å². The Hall–Kier alpha value is -2.12. The Labute approximate surface area is 119 Å². The van der Waals surface area contributed by atoms with Crippen LogP contribution >= 0.6 is 0 Å². The molecule has 0 radical (unpaired) electrons. The van der Waals surface area contributed by atoms with Gasteiger partial charge in [-0.05, 0) is 13.8 Å². The smallest absolute Gasteiger partial charge is 0.258 e. The summed E-state index contributed by atoms with van der Waals surface area (Å²) in [4.78, 5) is 8.35. The summed E-state index contributed by atoms with van der Waals surface area (Å²) < 4.78 is 52.5. The fourth-order valence-electron chi connectivity index (χ4n) is 1.26. The molecule has 0 atom stereocenters. The van der Waals surface area contributed by atoms with E-state index in [4.69, 9.17) is 5.26 Å². The zero-order valence-corrected chi connectivity index (χ0v) is 11.9. The topological polar surface area (TPSA) is 113 Å². The number of sulfonamides is 1. The third kappa shape index (κ3) is 3.93. The van der Waals surface area contributed by atoms with Gasteiger partial charge in [0.1, 0.15) is 10.7 Å². The first-order chi connectivity index (χ1) is 9.50. The number of halogens is 2. The van der Waals surface area contributed by atoms with Gasteiger partial charge < -0.3 is 0 Å². The number of nitriles is 1. The normalized spacial score (nSPS) is 12.0. The first-order valence-corrected chi connectivity index (χ1v) is 7.03. The lowest BCUT2D eigenvalue weighted by Gasteiger charge is -2.16. The summed E-state index contributed by atoms with van der Waals surface area (Å²) >= 11 is 0. The number of nitro groups is 1. The lowest BCUT2D eigenvalue weighted by Crippen LogP contribution is -2.33. The Balaban J connectivity index is 3.24. The number of nitrogens with one attached hydrogen (secondary N) is 1. The highest BCUT2D eigenvalue weighted by atomic mass is 32.2. The molecule has 0 aliphatic rings. The van der Waals surface area contributed by atoms with Crippen molar-refractivity contribution in [2.45, 2.75) is 18.7 Å². The Morgan fingerprint density at radius 3 is 2.43 bits per heavy atom. The summed E-state index contributed by atoms with van der Waals surface area (Å²) in [5, 5.41) is 19.3. The number of benzene rings is 1. The van der Waals surface area contributed by atoms with Crippen LogP contribution in [-0.4, -0.2) is 19.9 Å². The van der Waals surface area contributed by atoms with Crippen molar-refractivity contribution in [2.24, 2.45) is 5.41 Å². The molecule has 21 heavy (non-hydrogen) atoms. The number of hydrogen-bond donors (Lipinski definition) is 1. The van der Waals surface area contributed by atoms with Gasteiger partial charge in [0.15, 0.2) is 0 Å². The summed E-state index contributed by atoms with van der Waals surface area (Å²) in [6.07, 6.45) is 0. The van der Waals surface area contributed by atoms with Crippen LogP contribution in [-0.2, 0) is 10.0 Å². The molecule has 0 bridgehead atoms. The molecular formula is C11H11F2N3O4S. The second kappa shape index (κ2) is 5.71. The van der Waals surface area contributed by atoms with Crippen LogP contribution in [0.3, 0.4) is 0 Å². The quantitative estimate of drug-likeness (QED) is 0.655. The van der Waals surface area contributed by atoms with Crippen LogP contribution in [0.2, 0.25) is 0 Å². The van der Waals surface area contributed by atoms with Gasteiger partial charge >= 0.3 is 5.69 Å². The molecule has 0 aliphatic carbocycles. The molecule has 0 aromatic heterocycles. The van der Waals surface area contributed by atoms with Crippen LogP contribution in [0.5, 0.6) is 0 Å². The van der Waals surface area contributed by atoms with Crippen molar-refractivity contribution in [3.05, 3.63) is 33.9 Å². The maximum atomic E-state index is 13.5. The van der Waals surface area contributed by atoms with Crippen LogP contribution in [0.4, 0.5) is 14.5 Å². The number of hydrogen-bond acceptors (Lipinski definition) is 5. The predicted octanol–water partition coefficient (Wildman–Crippen LogP) is 1.70. The average molecular weight is 319 g/mol. The van der Waals surface area contributed by atoms with Gasteiger partial charge in [0.05, 0.1) is 16.4 Å². The molecule has 0 amide bonds. The lowest BCUT2D eigenvalue weighted by molar-refractivity contribution is -0.387. The molecule has 1 aromatic rings. The van der Waals surface area contributed by atoms with Gasteiger partial charge in [0.25, 0.3) is 0 Å². The Morgan fingerprint density at radius 1 is 1.38 bits per heavy atom. The number of nitro benzene ring substituents is 1. The van der Waals surface area contributed by atoms with Gasteiger partial charge in [0.2, 0.25) is 15.8 Å². The molecular weight excluding hydrogens is 308 g/mol. The van der Waals surface area contributed by atoms with E-state index >= 15 is 0 Å². The molecule has 0 saturated carbocycles. The third-order valence-electron chi connectivity index (χ3n) is 2.49. The van der Waals surface area contributed by atoms with Crippen molar-refractivity contribution in [2.75, 3.05) is 6.54 Å². The summed E-state index contributed by atoms with van der Waals surface area (Å²) in [5.74, 6) is -2.94. The van der Waals surface area contributed by atoms with E-state index in [0.717, 1.165) is 0 Å². The van der Waals surface area contributed by atoms with Crippen LogP contribution < -0.4 is 4.72 Å². The van der Waals surface area contributed by atoms with Gasteiger partial charge in [-0.3, -0.25) is 10.1 Å². The lowest BCUT2D eigenvalue weighted by atomic mass is 9.97. The minimum absolute atomic E-state index is 0.127. The van der Waals surface area contributed by atoms with E-state index in [-0.39, 0.29) is 12.6 Å². The zero-order valence-electron chi connectivity index (χ0n) is 11.1. The van der Waals surface area contributed by atoms with E-state index in [1.807, 2.05) is 10.8 Å². The molecule has 0 spiro atoms. The fourth-order valence-corrected chi connectivity index (χ4v) is 2.55. The molecule has 0 unspecified atom stereocenters. The first kappa shape index (κ1) is 16.9. The highest BCUT2D eigenvalue weighted by Crippen LogP contribution is 2.25. The second-order valence-corrected chi connectivity index (χ2v) is 6.55. The molecule has 1 N–H and O–H groups in total. The van der Waals surface area contributed by atoms with Gasteiger partial charge in [-0.25, -0.2) is 17.5 Å². The van der Waals surface area contributed by atoms with E-state index in [2.05, 4.69) is 0 Å². The van der Waals surface area contributed by atoms with Crippen LogP contribution in [0.25, 0.3) is 0 Å². The third-order valence-corrected chi connectivity index (χ3v) is 3.91. The highest BCUT2D eigenvalue weighted by Gasteiger charge is 2.28. The average Bonchev–Trinajstić information content (AvgIpc) is 2.36. The fraction of sp³-hybridized carbons (Fsp3) is 0.364. The molecule has 10 heteroatoms. The highest BCUT2D eigenvalue weighted by molar-refractivity contribution is 7.89. The Bertz CT molecular complexity index is 726. The molecule has 0 saturated heterocycles. The monoisotopic (exact) mass is 319 g/mol. The maximum absolute atomic E-state index is 13.5. The van der Waals surface area contributed by atoms with Crippen LogP contribution in [0, 0.1) is 38.5 Å². The van der Waals surface area contributed by atoms with E-state index in [9.17, 15) is 27.3 Å². The summed E-state index contributed by atoms with van der Waals surface area (Å²) in [5.41, 5.74) is -2.22. The maximum Gasteiger partial charge on any atom is 0.306 e. The SMILES string of the molecule is CC(C)(C#N)CNS(=O)(=O)c1cc([N+](=O)[O-])c(F)cc1F. The second-order valence-electron chi connectivity index (χ2n) is 4.81. The molecule has 0 aliphatic heterocycles. The van der Waals surface area contributed by atoms with Crippen molar-refractivity contribution >= 4 is 15.7 Å². The van der Waals surface area contributed by atoms with Crippen molar-refractivity contribution in [3.8, 4) is 6.07 Å². The van der Waals surface area contributed by atoms with Crippen molar-refractivity contribution in [3.63, 3.8) is 0 Å². The van der Waals surface area contributed by atoms with Gasteiger partial charge in [-0.15, -0.1) is 0 Å². The summed E-state index contributed by atoms with van der Waals surface area (Å²) in [6, 6.07) is 2.25.